The highest BCUT2D eigenvalue weighted by atomic mass is 35.5. The lowest BCUT2D eigenvalue weighted by Crippen LogP contribution is -2.33. The van der Waals surface area contributed by atoms with Crippen molar-refractivity contribution in [3.8, 4) is 0 Å². The molecular formula is C13H9Cl2NO3S. The van der Waals surface area contributed by atoms with Gasteiger partial charge in [-0.25, -0.2) is 4.79 Å². The van der Waals surface area contributed by atoms with Crippen LogP contribution in [0.15, 0.2) is 35.7 Å². The van der Waals surface area contributed by atoms with E-state index in [1.807, 2.05) is 0 Å². The van der Waals surface area contributed by atoms with Crippen LogP contribution in [0.3, 0.4) is 0 Å². The summed E-state index contributed by atoms with van der Waals surface area (Å²) in [6.45, 7) is 0. The molecule has 7 heteroatoms. The molecule has 0 radical (unpaired) electrons. The fourth-order valence-electron chi connectivity index (χ4n) is 1.59. The van der Waals surface area contributed by atoms with Crippen LogP contribution in [0.4, 0.5) is 0 Å². The zero-order chi connectivity index (χ0) is 14.7. The summed E-state index contributed by atoms with van der Waals surface area (Å²) in [5, 5.41) is 13.9. The smallest absolute Gasteiger partial charge is 0.331 e. The van der Waals surface area contributed by atoms with E-state index in [2.05, 4.69) is 5.32 Å². The quantitative estimate of drug-likeness (QED) is 0.900. The molecular weight excluding hydrogens is 321 g/mol. The van der Waals surface area contributed by atoms with Crippen molar-refractivity contribution in [2.75, 3.05) is 0 Å². The number of carbonyl (C=O) groups excluding carboxylic acids is 1. The van der Waals surface area contributed by atoms with Crippen molar-refractivity contribution in [1.29, 1.82) is 0 Å². The number of benzene rings is 1. The van der Waals surface area contributed by atoms with Crippen molar-refractivity contribution < 1.29 is 14.7 Å². The molecule has 0 saturated carbocycles. The zero-order valence-corrected chi connectivity index (χ0v) is 12.3. The van der Waals surface area contributed by atoms with Gasteiger partial charge in [0.1, 0.15) is 0 Å². The number of hydrogen-bond acceptors (Lipinski definition) is 3. The summed E-state index contributed by atoms with van der Waals surface area (Å²) in [4.78, 5) is 23.9. The third kappa shape index (κ3) is 3.30. The van der Waals surface area contributed by atoms with E-state index in [9.17, 15) is 14.7 Å². The lowest BCUT2D eigenvalue weighted by molar-refractivity contribution is -0.139. The molecule has 0 fully saturated rings. The highest BCUT2D eigenvalue weighted by Crippen LogP contribution is 2.23. The Bertz CT molecular complexity index is 643. The van der Waals surface area contributed by atoms with Crippen LogP contribution >= 0.6 is 34.5 Å². The first kappa shape index (κ1) is 14.8. The summed E-state index contributed by atoms with van der Waals surface area (Å²) in [6, 6.07) is 6.68. The molecule has 2 rings (SSSR count). The van der Waals surface area contributed by atoms with Crippen molar-refractivity contribution in [2.45, 2.75) is 6.04 Å². The van der Waals surface area contributed by atoms with E-state index in [0.29, 0.717) is 9.90 Å². The number of amides is 1. The lowest BCUT2D eigenvalue weighted by atomic mass is 10.1. The molecule has 1 heterocycles. The molecule has 1 aromatic heterocycles. The van der Waals surface area contributed by atoms with Gasteiger partial charge in [0.15, 0.2) is 6.04 Å². The van der Waals surface area contributed by atoms with Gasteiger partial charge in [0.25, 0.3) is 5.91 Å². The molecule has 1 amide bonds. The number of carboxylic acids is 1. The number of carboxylic acid groups (broad SMARTS) is 1. The maximum Gasteiger partial charge on any atom is 0.331 e. The Morgan fingerprint density at radius 3 is 2.60 bits per heavy atom. The second-order valence-corrected chi connectivity index (χ2v) is 5.71. The van der Waals surface area contributed by atoms with Crippen LogP contribution in [0.2, 0.25) is 10.0 Å². The molecule has 4 nitrogen and oxygen atoms in total. The topological polar surface area (TPSA) is 66.4 Å². The van der Waals surface area contributed by atoms with E-state index in [0.717, 1.165) is 0 Å². The minimum Gasteiger partial charge on any atom is -0.479 e. The average Bonchev–Trinajstić information content (AvgIpc) is 2.91. The van der Waals surface area contributed by atoms with Crippen LogP contribution in [0.25, 0.3) is 0 Å². The van der Waals surface area contributed by atoms with Crippen LogP contribution in [0.1, 0.15) is 21.3 Å². The van der Waals surface area contributed by atoms with Crippen molar-refractivity contribution in [3.63, 3.8) is 0 Å². The molecule has 0 aliphatic rings. The zero-order valence-electron chi connectivity index (χ0n) is 9.97. The molecule has 0 spiro atoms. The molecule has 0 saturated heterocycles. The Morgan fingerprint density at radius 2 is 2.00 bits per heavy atom. The summed E-state index contributed by atoms with van der Waals surface area (Å²) in [6.07, 6.45) is 0. The molecule has 104 valence electrons. The summed E-state index contributed by atoms with van der Waals surface area (Å²) >= 11 is 13.0. The lowest BCUT2D eigenvalue weighted by Gasteiger charge is -2.13. The highest BCUT2D eigenvalue weighted by molar-refractivity contribution is 7.10. The number of aliphatic carboxylic acids is 1. The van der Waals surface area contributed by atoms with Gasteiger partial charge in [-0.2, -0.15) is 0 Å². The fourth-order valence-corrected chi connectivity index (χ4v) is 2.73. The van der Waals surface area contributed by atoms with Crippen molar-refractivity contribution in [1.82, 2.24) is 5.32 Å². The Kier molecular flexibility index (Phi) is 4.65. The second-order valence-electron chi connectivity index (χ2n) is 3.88. The number of nitrogens with one attached hydrogen (secondary N) is 1. The van der Waals surface area contributed by atoms with E-state index in [1.165, 1.54) is 23.5 Å². The third-order valence-electron chi connectivity index (χ3n) is 2.52. The van der Waals surface area contributed by atoms with Gasteiger partial charge < -0.3 is 10.4 Å². The number of thiophene rings is 1. The third-order valence-corrected chi connectivity index (χ3v) is 4.02. The van der Waals surface area contributed by atoms with Crippen molar-refractivity contribution >= 4 is 46.4 Å². The molecule has 0 aliphatic carbocycles. The summed E-state index contributed by atoms with van der Waals surface area (Å²) in [5.41, 5.74) is 0.141. The molecule has 1 aromatic carbocycles. The first-order valence-electron chi connectivity index (χ1n) is 5.51. The first-order chi connectivity index (χ1) is 9.49. The van der Waals surface area contributed by atoms with Gasteiger partial charge in [0.2, 0.25) is 0 Å². The van der Waals surface area contributed by atoms with E-state index in [-0.39, 0.29) is 10.6 Å². The number of halogens is 2. The van der Waals surface area contributed by atoms with Gasteiger partial charge in [-0.1, -0.05) is 29.3 Å². The minimum atomic E-state index is -1.14. The minimum absolute atomic E-state index is 0.141. The van der Waals surface area contributed by atoms with E-state index in [4.69, 9.17) is 23.2 Å². The van der Waals surface area contributed by atoms with E-state index >= 15 is 0 Å². The van der Waals surface area contributed by atoms with Gasteiger partial charge in [0.05, 0.1) is 10.6 Å². The van der Waals surface area contributed by atoms with Gasteiger partial charge >= 0.3 is 5.97 Å². The van der Waals surface area contributed by atoms with E-state index < -0.39 is 17.9 Å². The molecule has 2 N–H and O–H groups in total. The largest absolute Gasteiger partial charge is 0.479 e. The maximum atomic E-state index is 12.1. The predicted octanol–water partition coefficient (Wildman–Crippen LogP) is 3.61. The first-order valence-corrected chi connectivity index (χ1v) is 7.14. The monoisotopic (exact) mass is 329 g/mol. The summed E-state index contributed by atoms with van der Waals surface area (Å²) in [5.74, 6) is -1.72. The number of hydrogen-bond donors (Lipinski definition) is 2. The van der Waals surface area contributed by atoms with Crippen LogP contribution in [-0.4, -0.2) is 17.0 Å². The van der Waals surface area contributed by atoms with Crippen molar-refractivity contribution in [2.24, 2.45) is 0 Å². The van der Waals surface area contributed by atoms with Gasteiger partial charge in [-0.3, -0.25) is 4.79 Å². The van der Waals surface area contributed by atoms with Crippen LogP contribution < -0.4 is 5.32 Å². The molecule has 1 unspecified atom stereocenters. The van der Waals surface area contributed by atoms with Gasteiger partial charge in [0, 0.05) is 9.90 Å². The number of rotatable bonds is 4. The molecule has 0 aliphatic heterocycles. The Hall–Kier alpha value is -1.56. The molecule has 1 atom stereocenters. The van der Waals surface area contributed by atoms with Gasteiger partial charge in [-0.05, 0) is 29.6 Å². The maximum absolute atomic E-state index is 12.1. The van der Waals surface area contributed by atoms with Crippen LogP contribution in [-0.2, 0) is 4.79 Å². The van der Waals surface area contributed by atoms with Crippen molar-refractivity contribution in [3.05, 3.63) is 56.2 Å². The molecule has 0 bridgehead atoms. The summed E-state index contributed by atoms with van der Waals surface area (Å²) < 4.78 is 0. The number of carbonyl (C=O) groups is 2. The Balaban J connectivity index is 2.25. The normalized spacial score (nSPS) is 11.9. The predicted molar refractivity (Wildman–Crippen MR) is 78.6 cm³/mol. The van der Waals surface area contributed by atoms with E-state index in [1.54, 1.807) is 23.6 Å². The Labute approximate surface area is 128 Å². The molecule has 2 aromatic rings. The second kappa shape index (κ2) is 6.26. The average molecular weight is 330 g/mol. The summed E-state index contributed by atoms with van der Waals surface area (Å²) in [7, 11) is 0. The van der Waals surface area contributed by atoms with Gasteiger partial charge in [-0.15, -0.1) is 11.3 Å². The van der Waals surface area contributed by atoms with Crippen LogP contribution in [0, 0.1) is 0 Å². The molecule has 20 heavy (non-hydrogen) atoms. The SMILES string of the molecule is O=C(NC(C(=O)O)c1cccs1)c1cc(Cl)ccc1Cl. The fraction of sp³-hybridized carbons (Fsp3) is 0.0769. The standard InChI is InChI=1S/C13H9Cl2NO3S/c14-7-3-4-9(15)8(6-7)12(17)16-11(13(18)19)10-2-1-5-20-10/h1-6,11H,(H,16,17)(H,18,19). The van der Waals surface area contributed by atoms with Crippen LogP contribution in [0.5, 0.6) is 0 Å². The highest BCUT2D eigenvalue weighted by Gasteiger charge is 2.24. The Morgan fingerprint density at radius 1 is 1.25 bits per heavy atom.